The predicted octanol–water partition coefficient (Wildman–Crippen LogP) is 0.979. The lowest BCUT2D eigenvalue weighted by Crippen LogP contribution is -2.38. The molecule has 0 saturated carbocycles. The van der Waals surface area contributed by atoms with Crippen molar-refractivity contribution >= 4 is 0 Å². The van der Waals surface area contributed by atoms with Crippen molar-refractivity contribution in [2.24, 2.45) is 0 Å². The van der Waals surface area contributed by atoms with E-state index in [1.54, 1.807) is 0 Å². The third kappa shape index (κ3) is 3.48. The molecule has 5 heteroatoms. The molecule has 2 heterocycles. The highest BCUT2D eigenvalue weighted by Crippen LogP contribution is 2.18. The van der Waals surface area contributed by atoms with Crippen LogP contribution < -0.4 is 5.32 Å². The first-order chi connectivity index (χ1) is 8.83. The highest BCUT2D eigenvalue weighted by Gasteiger charge is 2.22. The van der Waals surface area contributed by atoms with Gasteiger partial charge in [0.1, 0.15) is 6.10 Å². The van der Waals surface area contributed by atoms with Crippen LogP contribution in [0.5, 0.6) is 0 Å². The predicted molar refractivity (Wildman–Crippen MR) is 70.2 cm³/mol. The van der Waals surface area contributed by atoms with Gasteiger partial charge >= 0.3 is 0 Å². The van der Waals surface area contributed by atoms with E-state index in [0.717, 1.165) is 50.7 Å². The van der Waals surface area contributed by atoms with Crippen molar-refractivity contribution in [3.63, 3.8) is 0 Å². The maximum atomic E-state index is 5.73. The van der Waals surface area contributed by atoms with Crippen molar-refractivity contribution < 1.29 is 4.74 Å². The van der Waals surface area contributed by atoms with Gasteiger partial charge in [-0.05, 0) is 13.1 Å². The first-order valence-corrected chi connectivity index (χ1v) is 6.69. The van der Waals surface area contributed by atoms with Crippen molar-refractivity contribution in [3.05, 3.63) is 23.8 Å². The van der Waals surface area contributed by atoms with Gasteiger partial charge in [0.15, 0.2) is 5.82 Å². The molecule has 0 aromatic carbocycles. The lowest BCUT2D eigenvalue weighted by Gasteiger charge is -2.31. The van der Waals surface area contributed by atoms with E-state index in [-0.39, 0.29) is 6.10 Å². The van der Waals surface area contributed by atoms with Crippen LogP contribution in [0.3, 0.4) is 0 Å². The van der Waals surface area contributed by atoms with E-state index < -0.39 is 0 Å². The van der Waals surface area contributed by atoms with E-state index in [0.29, 0.717) is 0 Å². The summed E-state index contributed by atoms with van der Waals surface area (Å²) in [5, 5.41) is 3.26. The van der Waals surface area contributed by atoms with Crippen LogP contribution in [0.15, 0.2) is 12.4 Å². The van der Waals surface area contributed by atoms with E-state index in [1.165, 1.54) is 0 Å². The molecule has 0 radical (unpaired) electrons. The Morgan fingerprint density at radius 1 is 1.39 bits per heavy atom. The largest absolute Gasteiger partial charge is 0.368 e. The molecule has 18 heavy (non-hydrogen) atoms. The maximum Gasteiger partial charge on any atom is 0.158 e. The minimum absolute atomic E-state index is 0.0203. The minimum atomic E-state index is 0.0203. The first kappa shape index (κ1) is 13.4. The van der Waals surface area contributed by atoms with Gasteiger partial charge in [-0.15, -0.1) is 0 Å². The molecule has 1 aromatic heterocycles. The SMILES string of the molecule is CCNCc1cnc(C2CN(CC)CCO2)nc1. The second-order valence-corrected chi connectivity index (χ2v) is 4.48. The van der Waals surface area contributed by atoms with Crippen LogP contribution in [0, 0.1) is 0 Å². The molecule has 1 unspecified atom stereocenters. The quantitative estimate of drug-likeness (QED) is 0.844. The molecular formula is C13H22N4O. The van der Waals surface area contributed by atoms with Gasteiger partial charge in [-0.1, -0.05) is 13.8 Å². The normalized spacial score (nSPS) is 21.1. The van der Waals surface area contributed by atoms with Crippen LogP contribution >= 0.6 is 0 Å². The topological polar surface area (TPSA) is 50.3 Å². The number of nitrogens with zero attached hydrogens (tertiary/aromatic N) is 3. The van der Waals surface area contributed by atoms with Gasteiger partial charge in [0.2, 0.25) is 0 Å². The fourth-order valence-electron chi connectivity index (χ4n) is 2.04. The highest BCUT2D eigenvalue weighted by molar-refractivity contribution is 5.06. The van der Waals surface area contributed by atoms with Crippen molar-refractivity contribution in [1.29, 1.82) is 0 Å². The molecule has 1 atom stereocenters. The summed E-state index contributed by atoms with van der Waals surface area (Å²) in [5.41, 5.74) is 1.11. The smallest absolute Gasteiger partial charge is 0.158 e. The maximum absolute atomic E-state index is 5.73. The lowest BCUT2D eigenvalue weighted by atomic mass is 10.2. The summed E-state index contributed by atoms with van der Waals surface area (Å²) in [7, 11) is 0. The summed E-state index contributed by atoms with van der Waals surface area (Å²) < 4.78 is 5.73. The number of ether oxygens (including phenoxy) is 1. The second kappa shape index (κ2) is 6.78. The van der Waals surface area contributed by atoms with Gasteiger partial charge < -0.3 is 10.1 Å². The van der Waals surface area contributed by atoms with E-state index in [1.807, 2.05) is 12.4 Å². The summed E-state index contributed by atoms with van der Waals surface area (Å²) >= 11 is 0. The van der Waals surface area contributed by atoms with Crippen molar-refractivity contribution in [2.45, 2.75) is 26.5 Å². The van der Waals surface area contributed by atoms with Crippen LogP contribution in [0.4, 0.5) is 0 Å². The molecular weight excluding hydrogens is 228 g/mol. The fraction of sp³-hybridized carbons (Fsp3) is 0.692. The molecule has 1 saturated heterocycles. The zero-order chi connectivity index (χ0) is 12.8. The fourth-order valence-corrected chi connectivity index (χ4v) is 2.04. The van der Waals surface area contributed by atoms with Crippen LogP contribution in [0.1, 0.15) is 31.3 Å². The van der Waals surface area contributed by atoms with Crippen molar-refractivity contribution in [1.82, 2.24) is 20.2 Å². The molecule has 0 amide bonds. The molecule has 1 N–H and O–H groups in total. The number of nitrogens with one attached hydrogen (secondary N) is 1. The standard InChI is InChI=1S/C13H22N4O/c1-3-14-7-11-8-15-13(16-9-11)12-10-17(4-2)5-6-18-12/h8-9,12,14H,3-7,10H2,1-2H3. The van der Waals surface area contributed by atoms with E-state index >= 15 is 0 Å². The van der Waals surface area contributed by atoms with Crippen LogP contribution in [0.25, 0.3) is 0 Å². The van der Waals surface area contributed by atoms with Gasteiger partial charge in [-0.25, -0.2) is 9.97 Å². The number of morpholine rings is 1. The van der Waals surface area contributed by atoms with Gasteiger partial charge in [0.25, 0.3) is 0 Å². The Bertz CT molecular complexity index is 355. The molecule has 0 spiro atoms. The minimum Gasteiger partial charge on any atom is -0.368 e. The van der Waals surface area contributed by atoms with Gasteiger partial charge in [-0.3, -0.25) is 4.90 Å². The van der Waals surface area contributed by atoms with Crippen molar-refractivity contribution in [3.8, 4) is 0 Å². The van der Waals surface area contributed by atoms with E-state index in [4.69, 9.17) is 4.74 Å². The summed E-state index contributed by atoms with van der Waals surface area (Å²) in [6.07, 6.45) is 3.80. The summed E-state index contributed by atoms with van der Waals surface area (Å²) in [6.45, 7) is 9.75. The summed E-state index contributed by atoms with van der Waals surface area (Å²) in [5.74, 6) is 0.799. The number of aromatic nitrogens is 2. The highest BCUT2D eigenvalue weighted by atomic mass is 16.5. The molecule has 1 aliphatic heterocycles. The molecule has 1 aliphatic rings. The van der Waals surface area contributed by atoms with E-state index in [9.17, 15) is 0 Å². The Kier molecular flexibility index (Phi) is 5.04. The molecule has 1 aromatic rings. The average Bonchev–Trinajstić information content (AvgIpc) is 2.46. The van der Waals surface area contributed by atoms with Crippen LogP contribution in [0.2, 0.25) is 0 Å². The molecule has 100 valence electrons. The van der Waals surface area contributed by atoms with Gasteiger partial charge in [-0.2, -0.15) is 0 Å². The third-order valence-corrected chi connectivity index (χ3v) is 3.19. The Morgan fingerprint density at radius 2 is 2.17 bits per heavy atom. The van der Waals surface area contributed by atoms with Gasteiger partial charge in [0, 0.05) is 37.6 Å². The summed E-state index contributed by atoms with van der Waals surface area (Å²) in [6, 6.07) is 0. The Labute approximate surface area is 109 Å². The number of likely N-dealkylation sites (N-methyl/N-ethyl adjacent to an activating group) is 1. The monoisotopic (exact) mass is 250 g/mol. The van der Waals surface area contributed by atoms with Crippen LogP contribution in [-0.4, -0.2) is 47.7 Å². The molecule has 1 fully saturated rings. The summed E-state index contributed by atoms with van der Waals surface area (Å²) in [4.78, 5) is 11.2. The second-order valence-electron chi connectivity index (χ2n) is 4.48. The molecule has 5 nitrogen and oxygen atoms in total. The van der Waals surface area contributed by atoms with Gasteiger partial charge in [0.05, 0.1) is 6.61 Å². The van der Waals surface area contributed by atoms with Crippen LogP contribution in [-0.2, 0) is 11.3 Å². The number of hydrogen-bond donors (Lipinski definition) is 1. The molecule has 0 bridgehead atoms. The Hall–Kier alpha value is -1.04. The Morgan fingerprint density at radius 3 is 2.83 bits per heavy atom. The molecule has 2 rings (SSSR count). The Balaban J connectivity index is 1.96. The van der Waals surface area contributed by atoms with Crippen molar-refractivity contribution in [2.75, 3.05) is 32.8 Å². The molecule has 0 aliphatic carbocycles. The number of rotatable bonds is 5. The van der Waals surface area contributed by atoms with E-state index in [2.05, 4.69) is 34.0 Å². The number of hydrogen-bond acceptors (Lipinski definition) is 5. The first-order valence-electron chi connectivity index (χ1n) is 6.69. The lowest BCUT2D eigenvalue weighted by molar-refractivity contribution is -0.0326. The third-order valence-electron chi connectivity index (χ3n) is 3.19. The zero-order valence-electron chi connectivity index (χ0n) is 11.2. The average molecular weight is 250 g/mol. The zero-order valence-corrected chi connectivity index (χ0v) is 11.2.